The van der Waals surface area contributed by atoms with Crippen LogP contribution in [0.4, 0.5) is 0 Å². The van der Waals surface area contributed by atoms with Crippen LogP contribution in [0.15, 0.2) is 133 Å². The van der Waals surface area contributed by atoms with Crippen LogP contribution in [0.2, 0.25) is 118 Å². The Hall–Kier alpha value is -3.42. The lowest BCUT2D eigenvalue weighted by Gasteiger charge is -2.58. The van der Waals surface area contributed by atoms with Gasteiger partial charge in [0.05, 0.1) is 0 Å². The average Bonchev–Trinajstić information content (AvgIpc) is 3.20. The summed E-state index contributed by atoms with van der Waals surface area (Å²) in [6, 6.07) is 56.0. The maximum absolute atomic E-state index is 3.23. The van der Waals surface area contributed by atoms with Crippen molar-refractivity contribution in [3.63, 3.8) is 0 Å². The topological polar surface area (TPSA) is 0 Å². The second kappa shape index (κ2) is 16.3. The lowest BCUT2D eigenvalue weighted by molar-refractivity contribution is 0.656. The molecule has 0 aromatic heterocycles. The smallest absolute Gasteiger partial charge is 0.0693 e. The van der Waals surface area contributed by atoms with Crippen LogP contribution < -0.4 is 15.6 Å². The van der Waals surface area contributed by atoms with Gasteiger partial charge in [0.15, 0.2) is 8.07 Å². The number of hydrogen-bond acceptors (Lipinski definition) is 0. The first kappa shape index (κ1) is 49.2. The zero-order valence-corrected chi connectivity index (χ0v) is 52.7. The normalized spacial score (nSPS) is 20.3. The zero-order chi connectivity index (χ0) is 49.8. The van der Waals surface area contributed by atoms with Gasteiger partial charge in [0.25, 0.3) is 0 Å². The maximum Gasteiger partial charge on any atom is 0.161 e. The van der Waals surface area contributed by atoms with Crippen molar-refractivity contribution in [3.05, 3.63) is 184 Å². The fraction of sp³-hybridized carbons (Fsp3) is 0.387. The number of rotatable bonds is 10. The number of benzene rings is 7. The summed E-state index contributed by atoms with van der Waals surface area (Å²) in [6.45, 7) is 49.4. The van der Waals surface area contributed by atoms with Crippen LogP contribution in [0.25, 0.3) is 21.5 Å². The maximum atomic E-state index is 3.03. The molecule has 69 heavy (non-hydrogen) atoms. The molecule has 0 atom stereocenters. The summed E-state index contributed by atoms with van der Waals surface area (Å²) in [7, 11) is -14.3. The van der Waals surface area contributed by atoms with Crippen LogP contribution in [0.1, 0.15) is 82.9 Å². The van der Waals surface area contributed by atoms with Gasteiger partial charge in [-0.3, -0.25) is 0 Å². The van der Waals surface area contributed by atoms with Crippen molar-refractivity contribution >= 4 is 93.6 Å². The molecule has 7 aromatic carbocycles. The molecule has 0 amide bonds. The Kier molecular flexibility index (Phi) is 11.6. The molecule has 358 valence electrons. The van der Waals surface area contributed by atoms with Gasteiger partial charge >= 0.3 is 0 Å². The van der Waals surface area contributed by atoms with Crippen LogP contribution in [0, 0.1) is 0 Å². The molecule has 6 aliphatic rings. The van der Waals surface area contributed by atoms with E-state index < -0.39 is 56.5 Å². The van der Waals surface area contributed by atoms with Crippen molar-refractivity contribution in [1.82, 2.24) is 0 Å². The third-order valence-electron chi connectivity index (χ3n) is 17.2. The van der Waals surface area contributed by atoms with Crippen molar-refractivity contribution in [2.75, 3.05) is 0 Å². The molecule has 0 N–H and O–H groups in total. The fourth-order valence-electron chi connectivity index (χ4n) is 17.0. The minimum absolute atomic E-state index is 0.192. The Labute approximate surface area is 424 Å². The van der Waals surface area contributed by atoms with E-state index in [0.717, 1.165) is 0 Å². The van der Waals surface area contributed by atoms with E-state index in [1.165, 1.54) is 21.5 Å². The van der Waals surface area contributed by atoms with E-state index in [-0.39, 0.29) is 17.4 Å². The summed E-state index contributed by atoms with van der Waals surface area (Å²) in [5.74, 6) is 0.419. The molecule has 0 unspecified atom stereocenters. The lowest BCUT2D eigenvalue weighted by Crippen LogP contribution is -2.78. The summed E-state index contributed by atoms with van der Waals surface area (Å²) in [4.78, 5) is 0. The Morgan fingerprint density at radius 1 is 0.319 bits per heavy atom. The highest BCUT2D eigenvalue weighted by atomic mass is 28.4. The second-order valence-electron chi connectivity index (χ2n) is 28.6. The van der Waals surface area contributed by atoms with Gasteiger partial charge in [-0.1, -0.05) is 251 Å². The summed E-state index contributed by atoms with van der Waals surface area (Å²) in [5.41, 5.74) is 15.2. The number of hydrogen-bond donors (Lipinski definition) is 0. The van der Waals surface area contributed by atoms with Gasteiger partial charge in [0, 0.05) is 65.8 Å². The summed E-state index contributed by atoms with van der Waals surface area (Å²) in [5, 5.41) is 12.7. The van der Waals surface area contributed by atoms with E-state index in [1.807, 2.05) is 16.3 Å². The SMILES string of the molecule is C[Si](C)(C)C(c1cc(C([Si](C)(C)C)[Si](C)(C)C)c([Si]23c4ccccc4C(c4ccccc42)C2c4cc5ccccc5cc4C3c3cc4ccccc4cc32)c(C([Si](C)(C)C)[Si](C)(C)C)c1)[Si](C)(C)C. The minimum Gasteiger partial charge on any atom is -0.0693 e. The summed E-state index contributed by atoms with van der Waals surface area (Å²) in [6.07, 6.45) is 0. The van der Waals surface area contributed by atoms with Crippen LogP contribution in [-0.4, -0.2) is 56.5 Å². The van der Waals surface area contributed by atoms with E-state index in [4.69, 9.17) is 0 Å². The molecule has 7 aromatic rings. The Morgan fingerprint density at radius 2 is 0.609 bits per heavy atom. The first-order chi connectivity index (χ1) is 32.1. The monoisotopic (exact) mass is 1020 g/mol. The Morgan fingerprint density at radius 3 is 0.942 bits per heavy atom. The van der Waals surface area contributed by atoms with Gasteiger partial charge in [-0.05, 0) is 103 Å². The molecule has 0 saturated heterocycles. The standard InChI is InChI=1S/C62H82Si7/c1-63(2,3)60(64(4,5)6)45-39-52(61(65(7,8)9)66(10,11)12)59(53(40-45)62(67(13,14)15)68(16,17)18)69-54-33-25-23-31-46(54)56(47-32-24-26-34-55(47)69)57-48-35-41-27-19-21-29-43(41)37-50(48)58(69)51-38-44-30-22-20-28-42(44)36-49(51)57/h19-40,56-58,60-62H,1-18H3. The van der Waals surface area contributed by atoms with Gasteiger partial charge in [-0.2, -0.15) is 0 Å². The fourth-order valence-corrected chi connectivity index (χ4v) is 62.3. The van der Waals surface area contributed by atoms with Gasteiger partial charge in [0.2, 0.25) is 0 Å². The highest BCUT2D eigenvalue weighted by Crippen LogP contribution is 2.60. The first-order valence-electron chi connectivity index (χ1n) is 26.5. The first-order valence-corrected chi connectivity index (χ1v) is 50.0. The van der Waals surface area contributed by atoms with E-state index in [0.29, 0.717) is 15.5 Å². The Balaban J connectivity index is 1.55. The summed E-state index contributed by atoms with van der Waals surface area (Å²) < 4.78 is 0. The van der Waals surface area contributed by atoms with Crippen molar-refractivity contribution in [1.29, 1.82) is 0 Å². The predicted octanol–water partition coefficient (Wildman–Crippen LogP) is 16.3. The molecule has 0 saturated carbocycles. The molecule has 0 radical (unpaired) electrons. The third kappa shape index (κ3) is 7.76. The van der Waals surface area contributed by atoms with Crippen molar-refractivity contribution in [3.8, 4) is 0 Å². The molecule has 5 aliphatic heterocycles. The molecule has 0 nitrogen and oxygen atoms in total. The highest BCUT2D eigenvalue weighted by molar-refractivity contribution is 7.14. The molecule has 1 aliphatic carbocycles. The van der Waals surface area contributed by atoms with Crippen molar-refractivity contribution in [2.24, 2.45) is 0 Å². The molecular formula is C62H82Si7. The van der Waals surface area contributed by atoms with Crippen LogP contribution in [-0.2, 0) is 0 Å². The van der Waals surface area contributed by atoms with Crippen LogP contribution in [0.3, 0.4) is 0 Å². The molecule has 0 spiro atoms. The number of fused-ring (bicyclic) bond motifs is 2. The predicted molar refractivity (Wildman–Crippen MR) is 326 cm³/mol. The Bertz CT molecular complexity index is 2950. The molecular weight excluding hydrogens is 941 g/mol. The highest BCUT2D eigenvalue weighted by Gasteiger charge is 2.63. The average molecular weight is 1020 g/mol. The second-order valence-corrected chi connectivity index (χ2v) is 66.0. The van der Waals surface area contributed by atoms with E-state index >= 15 is 0 Å². The van der Waals surface area contributed by atoms with Crippen LogP contribution in [0.5, 0.6) is 0 Å². The molecule has 0 fully saturated rings. The van der Waals surface area contributed by atoms with E-state index in [2.05, 4.69) is 251 Å². The lowest BCUT2D eigenvalue weighted by atomic mass is 9.66. The molecule has 13 rings (SSSR count). The van der Waals surface area contributed by atoms with Crippen molar-refractivity contribution in [2.45, 2.75) is 151 Å². The van der Waals surface area contributed by atoms with Gasteiger partial charge in [-0.25, -0.2) is 0 Å². The summed E-state index contributed by atoms with van der Waals surface area (Å²) >= 11 is 0. The van der Waals surface area contributed by atoms with Crippen molar-refractivity contribution < 1.29 is 0 Å². The zero-order valence-electron chi connectivity index (χ0n) is 45.7. The quantitative estimate of drug-likeness (QED) is 0.120. The van der Waals surface area contributed by atoms with E-state index in [1.54, 1.807) is 49.3 Å². The van der Waals surface area contributed by atoms with Gasteiger partial charge < -0.3 is 0 Å². The van der Waals surface area contributed by atoms with Crippen LogP contribution >= 0.6 is 0 Å². The molecule has 5 heterocycles. The largest absolute Gasteiger partial charge is 0.161 e. The van der Waals surface area contributed by atoms with Gasteiger partial charge in [0.1, 0.15) is 0 Å². The minimum atomic E-state index is -3.23. The third-order valence-corrected chi connectivity index (χ3v) is 50.5. The van der Waals surface area contributed by atoms with Gasteiger partial charge in [-0.15, -0.1) is 0 Å². The van der Waals surface area contributed by atoms with E-state index in [9.17, 15) is 0 Å². The molecule has 7 heteroatoms. The molecule has 4 bridgehead atoms.